The monoisotopic (exact) mass is 362 g/mol. The summed E-state index contributed by atoms with van der Waals surface area (Å²) in [4.78, 5) is 0. The van der Waals surface area contributed by atoms with Crippen LogP contribution in [-0.4, -0.2) is 30.4 Å². The van der Waals surface area contributed by atoms with Crippen LogP contribution in [0.15, 0.2) is 36.4 Å². The third-order valence-corrected chi connectivity index (χ3v) is 4.67. The summed E-state index contributed by atoms with van der Waals surface area (Å²) >= 11 is 0. The molecule has 0 saturated heterocycles. The van der Waals surface area contributed by atoms with Gasteiger partial charge in [-0.3, -0.25) is 0 Å². The first-order valence-corrected chi connectivity index (χ1v) is 8.77. The molecule has 4 N–H and O–H groups in total. The molecule has 140 valence electrons. The van der Waals surface area contributed by atoms with Crippen LogP contribution in [0.2, 0.25) is 0 Å². The van der Waals surface area contributed by atoms with Crippen molar-refractivity contribution in [3.05, 3.63) is 64.7 Å². The summed E-state index contributed by atoms with van der Waals surface area (Å²) in [5.41, 5.74) is 8.67. The van der Waals surface area contributed by atoms with Gasteiger partial charge in [0, 0.05) is 36.7 Å². The van der Waals surface area contributed by atoms with Crippen LogP contribution in [0, 0.1) is 18.6 Å². The van der Waals surface area contributed by atoms with Crippen molar-refractivity contribution in [3.8, 4) is 5.75 Å². The van der Waals surface area contributed by atoms with Gasteiger partial charge in [0.25, 0.3) is 0 Å². The largest absolute Gasteiger partial charge is 0.493 e. The molecule has 0 amide bonds. The highest BCUT2D eigenvalue weighted by molar-refractivity contribution is 5.40. The number of rotatable bonds is 6. The molecule has 0 radical (unpaired) electrons. The van der Waals surface area contributed by atoms with E-state index in [2.05, 4.69) is 11.4 Å². The van der Waals surface area contributed by atoms with E-state index in [-0.39, 0.29) is 19.0 Å². The number of hydrogen-bond donors (Lipinski definition) is 3. The molecule has 3 rings (SSSR count). The first-order chi connectivity index (χ1) is 12.4. The van der Waals surface area contributed by atoms with Crippen LogP contribution in [0.3, 0.4) is 0 Å². The van der Waals surface area contributed by atoms with Crippen LogP contribution in [-0.2, 0) is 6.42 Å². The minimum Gasteiger partial charge on any atom is -0.493 e. The van der Waals surface area contributed by atoms with E-state index in [4.69, 9.17) is 10.5 Å². The smallest absolute Gasteiger partial charge is 0.126 e. The van der Waals surface area contributed by atoms with Gasteiger partial charge < -0.3 is 20.9 Å². The van der Waals surface area contributed by atoms with Crippen LogP contribution >= 0.6 is 0 Å². The lowest BCUT2D eigenvalue weighted by molar-refractivity contribution is 0.133. The van der Waals surface area contributed by atoms with Gasteiger partial charge in [-0.1, -0.05) is 17.7 Å². The topological polar surface area (TPSA) is 67.5 Å². The van der Waals surface area contributed by atoms with Crippen LogP contribution in [0.1, 0.15) is 29.2 Å². The number of benzene rings is 2. The summed E-state index contributed by atoms with van der Waals surface area (Å²) in [6.45, 7) is 2.92. The Kier molecular flexibility index (Phi) is 5.86. The van der Waals surface area contributed by atoms with Crippen molar-refractivity contribution < 1.29 is 18.6 Å². The minimum absolute atomic E-state index is 0.0760. The highest BCUT2D eigenvalue weighted by Gasteiger charge is 2.23. The van der Waals surface area contributed by atoms with Gasteiger partial charge >= 0.3 is 0 Å². The number of aliphatic hydroxyl groups is 1. The van der Waals surface area contributed by atoms with Crippen molar-refractivity contribution in [1.82, 2.24) is 5.32 Å². The summed E-state index contributed by atoms with van der Waals surface area (Å²) in [7, 11) is 0. The van der Waals surface area contributed by atoms with Crippen LogP contribution in [0.25, 0.3) is 0 Å². The summed E-state index contributed by atoms with van der Waals surface area (Å²) in [5.74, 6) is -0.434. The van der Waals surface area contributed by atoms with Crippen molar-refractivity contribution in [3.63, 3.8) is 0 Å². The molecule has 2 aromatic carbocycles. The summed E-state index contributed by atoms with van der Waals surface area (Å²) in [5, 5.41) is 13.7. The number of nitrogens with two attached hydrogens (primary N) is 1. The Morgan fingerprint density at radius 3 is 2.69 bits per heavy atom. The van der Waals surface area contributed by atoms with E-state index in [1.165, 1.54) is 12.1 Å². The second-order valence-electron chi connectivity index (χ2n) is 6.85. The van der Waals surface area contributed by atoms with Crippen LogP contribution < -0.4 is 15.8 Å². The maximum Gasteiger partial charge on any atom is 0.126 e. The minimum atomic E-state index is -0.836. The van der Waals surface area contributed by atoms with Gasteiger partial charge in [0.2, 0.25) is 0 Å². The Bertz CT molecular complexity index is 749. The predicted octanol–water partition coefficient (Wildman–Crippen LogP) is 2.62. The number of hydrogen-bond acceptors (Lipinski definition) is 4. The summed E-state index contributed by atoms with van der Waals surface area (Å²) in [6, 6.07) is 8.78. The summed E-state index contributed by atoms with van der Waals surface area (Å²) in [6.07, 6.45) is 0.159. The maximum atomic E-state index is 13.3. The van der Waals surface area contributed by atoms with Crippen molar-refractivity contribution in [2.45, 2.75) is 38.0 Å². The molecule has 4 nitrogen and oxygen atoms in total. The molecule has 0 saturated carbocycles. The van der Waals surface area contributed by atoms with E-state index in [1.807, 2.05) is 19.1 Å². The zero-order valence-electron chi connectivity index (χ0n) is 14.7. The molecule has 0 fully saturated rings. The second kappa shape index (κ2) is 8.12. The van der Waals surface area contributed by atoms with Gasteiger partial charge in [-0.15, -0.1) is 0 Å². The molecule has 0 bridgehead atoms. The fraction of sp³-hybridized carbons (Fsp3) is 0.400. The second-order valence-corrected chi connectivity index (χ2v) is 6.85. The number of fused-ring (bicyclic) bond motifs is 1. The van der Waals surface area contributed by atoms with Gasteiger partial charge in [0.15, 0.2) is 0 Å². The highest BCUT2D eigenvalue weighted by Crippen LogP contribution is 2.32. The SMILES string of the molecule is Cc1ccc2c(c1)C(NCC(O)C(N)Cc1cc(F)cc(F)c1)CCO2. The first-order valence-electron chi connectivity index (χ1n) is 8.77. The molecule has 3 atom stereocenters. The standard InChI is InChI=1S/C20H24F2N2O2/c1-12-2-3-20-16(6-12)18(4-5-26-20)24-11-19(25)17(23)9-13-7-14(21)10-15(22)8-13/h2-3,6-8,10,17-19,24-25H,4-5,9,11,23H2,1H3. The van der Waals surface area contributed by atoms with Crippen LogP contribution in [0.4, 0.5) is 8.78 Å². The van der Waals surface area contributed by atoms with E-state index < -0.39 is 23.8 Å². The van der Waals surface area contributed by atoms with Crippen molar-refractivity contribution in [1.29, 1.82) is 0 Å². The Labute approximate surface area is 152 Å². The van der Waals surface area contributed by atoms with Gasteiger partial charge in [-0.2, -0.15) is 0 Å². The van der Waals surface area contributed by atoms with Crippen molar-refractivity contribution >= 4 is 0 Å². The van der Waals surface area contributed by atoms with Gasteiger partial charge in [-0.25, -0.2) is 8.78 Å². The van der Waals surface area contributed by atoms with E-state index in [0.717, 1.165) is 29.4 Å². The molecule has 2 aromatic rings. The van der Waals surface area contributed by atoms with Gasteiger partial charge in [-0.05, 0) is 37.1 Å². The fourth-order valence-corrected chi connectivity index (χ4v) is 3.28. The normalized spacial score (nSPS) is 18.7. The quantitative estimate of drug-likeness (QED) is 0.739. The van der Waals surface area contributed by atoms with Crippen molar-refractivity contribution in [2.75, 3.05) is 13.2 Å². The van der Waals surface area contributed by atoms with Gasteiger partial charge in [0.1, 0.15) is 17.4 Å². The third-order valence-electron chi connectivity index (χ3n) is 4.67. The molecule has 1 aliphatic rings. The molecule has 0 aliphatic carbocycles. The average Bonchev–Trinajstić information content (AvgIpc) is 2.58. The maximum absolute atomic E-state index is 13.3. The lowest BCUT2D eigenvalue weighted by Crippen LogP contribution is -2.44. The lowest BCUT2D eigenvalue weighted by Gasteiger charge is -2.29. The number of aliphatic hydroxyl groups excluding tert-OH is 1. The molecular weight excluding hydrogens is 338 g/mol. The molecule has 0 aromatic heterocycles. The highest BCUT2D eigenvalue weighted by atomic mass is 19.1. The Morgan fingerprint density at radius 2 is 1.96 bits per heavy atom. The molecule has 6 heteroatoms. The van der Waals surface area contributed by atoms with E-state index in [0.29, 0.717) is 12.2 Å². The molecule has 26 heavy (non-hydrogen) atoms. The number of halogens is 2. The number of ether oxygens (including phenoxy) is 1. The summed E-state index contributed by atoms with van der Waals surface area (Å²) < 4.78 is 32.2. The molecule has 3 unspecified atom stereocenters. The molecule has 1 heterocycles. The lowest BCUT2D eigenvalue weighted by atomic mass is 9.97. The van der Waals surface area contributed by atoms with Crippen LogP contribution in [0.5, 0.6) is 5.75 Å². The molecule has 0 spiro atoms. The fourth-order valence-electron chi connectivity index (χ4n) is 3.28. The predicted molar refractivity (Wildman–Crippen MR) is 96.1 cm³/mol. The number of nitrogens with one attached hydrogen (secondary N) is 1. The van der Waals surface area contributed by atoms with E-state index in [9.17, 15) is 13.9 Å². The Balaban J connectivity index is 1.59. The van der Waals surface area contributed by atoms with E-state index >= 15 is 0 Å². The van der Waals surface area contributed by atoms with Gasteiger partial charge in [0.05, 0.1) is 12.7 Å². The number of aryl methyl sites for hydroxylation is 1. The molecule has 1 aliphatic heterocycles. The third kappa shape index (κ3) is 4.58. The Morgan fingerprint density at radius 1 is 1.23 bits per heavy atom. The molecular formula is C20H24F2N2O2. The van der Waals surface area contributed by atoms with E-state index in [1.54, 1.807) is 0 Å². The average molecular weight is 362 g/mol. The zero-order valence-corrected chi connectivity index (χ0v) is 14.7. The zero-order chi connectivity index (χ0) is 18.7. The van der Waals surface area contributed by atoms with Crippen molar-refractivity contribution in [2.24, 2.45) is 5.73 Å². The Hall–Kier alpha value is -2.02. The first kappa shape index (κ1) is 18.8.